The van der Waals surface area contributed by atoms with Gasteiger partial charge in [0.15, 0.2) is 0 Å². The van der Waals surface area contributed by atoms with Crippen molar-refractivity contribution < 1.29 is 19.1 Å². The summed E-state index contributed by atoms with van der Waals surface area (Å²) in [5.41, 5.74) is 8.51. The summed E-state index contributed by atoms with van der Waals surface area (Å²) < 4.78 is 10.8. The average Bonchev–Trinajstić information content (AvgIpc) is 2.61. The van der Waals surface area contributed by atoms with Gasteiger partial charge in [-0.1, -0.05) is 39.0 Å². The predicted octanol–water partition coefficient (Wildman–Crippen LogP) is 4.82. The molecule has 3 aromatic rings. The van der Waals surface area contributed by atoms with Crippen LogP contribution in [-0.2, 0) is 10.2 Å². The predicted molar refractivity (Wildman–Crippen MR) is 103 cm³/mol. The highest BCUT2D eigenvalue weighted by Crippen LogP contribution is 2.38. The lowest BCUT2D eigenvalue weighted by Gasteiger charge is -2.21. The molecule has 4 rings (SSSR count). The lowest BCUT2D eigenvalue weighted by Crippen LogP contribution is -2.19. The van der Waals surface area contributed by atoms with E-state index in [1.807, 2.05) is 24.3 Å². The number of carbonyl (C=O) groups excluding carboxylic acids is 2. The Balaban J connectivity index is 1.82. The van der Waals surface area contributed by atoms with E-state index < -0.39 is 11.9 Å². The van der Waals surface area contributed by atoms with Crippen LogP contribution in [0.5, 0.6) is 11.5 Å². The number of nitrogens with two attached hydrogens (primary N) is 1. The van der Waals surface area contributed by atoms with Gasteiger partial charge in [0, 0.05) is 10.8 Å². The first kappa shape index (κ1) is 17.1. The molecule has 0 saturated heterocycles. The normalized spacial score (nSPS) is 13.6. The van der Waals surface area contributed by atoms with E-state index >= 15 is 0 Å². The zero-order chi connectivity index (χ0) is 19.3. The lowest BCUT2D eigenvalue weighted by atomic mass is 9.87. The first-order chi connectivity index (χ1) is 12.8. The molecule has 0 amide bonds. The number of hydrogen-bond donors (Lipinski definition) is 1. The minimum absolute atomic E-state index is 0.0202. The molecule has 3 aromatic carbocycles. The van der Waals surface area contributed by atoms with Crippen molar-refractivity contribution >= 4 is 28.4 Å². The van der Waals surface area contributed by atoms with Crippen molar-refractivity contribution in [1.29, 1.82) is 0 Å². The first-order valence-electron chi connectivity index (χ1n) is 8.66. The molecule has 136 valence electrons. The van der Waals surface area contributed by atoms with Crippen LogP contribution in [0.15, 0.2) is 48.5 Å². The number of anilines is 1. The summed E-state index contributed by atoms with van der Waals surface area (Å²) in [6.45, 7) is 6.35. The van der Waals surface area contributed by atoms with Gasteiger partial charge in [0.25, 0.3) is 0 Å². The van der Waals surface area contributed by atoms with Gasteiger partial charge < -0.3 is 15.2 Å². The Hall–Kier alpha value is -3.34. The van der Waals surface area contributed by atoms with Crippen molar-refractivity contribution in [2.75, 3.05) is 5.73 Å². The Kier molecular flexibility index (Phi) is 3.70. The highest BCUT2D eigenvalue weighted by Gasteiger charge is 2.28. The SMILES string of the molecule is CC(C)(C)c1ccc(Oc2ccc3c4c(cccc24)C(=O)OC3=O)c(N)c1. The third kappa shape index (κ3) is 2.81. The molecule has 0 unspecified atom stereocenters. The Morgan fingerprint density at radius 1 is 0.889 bits per heavy atom. The van der Waals surface area contributed by atoms with E-state index in [4.69, 9.17) is 15.2 Å². The topological polar surface area (TPSA) is 78.6 Å². The maximum atomic E-state index is 12.0. The van der Waals surface area contributed by atoms with Gasteiger partial charge in [0.2, 0.25) is 0 Å². The number of nitrogen functional groups attached to an aromatic ring is 1. The van der Waals surface area contributed by atoms with Crippen LogP contribution >= 0.6 is 0 Å². The number of benzene rings is 3. The van der Waals surface area contributed by atoms with Crippen LogP contribution in [0.2, 0.25) is 0 Å². The highest BCUT2D eigenvalue weighted by molar-refractivity contribution is 6.21. The van der Waals surface area contributed by atoms with Gasteiger partial charge >= 0.3 is 11.9 Å². The van der Waals surface area contributed by atoms with Gasteiger partial charge in [-0.25, -0.2) is 9.59 Å². The maximum Gasteiger partial charge on any atom is 0.346 e. The average molecular weight is 361 g/mol. The molecule has 1 aliphatic rings. The summed E-state index contributed by atoms with van der Waals surface area (Å²) >= 11 is 0. The lowest BCUT2D eigenvalue weighted by molar-refractivity contribution is 0.0391. The van der Waals surface area contributed by atoms with Crippen LogP contribution in [0, 0.1) is 0 Å². The number of ether oxygens (including phenoxy) is 2. The summed E-state index contributed by atoms with van der Waals surface area (Å²) in [4.78, 5) is 24.1. The molecule has 27 heavy (non-hydrogen) atoms. The first-order valence-corrected chi connectivity index (χ1v) is 8.66. The Morgan fingerprint density at radius 3 is 2.22 bits per heavy atom. The molecule has 0 fully saturated rings. The zero-order valence-corrected chi connectivity index (χ0v) is 15.3. The molecule has 1 heterocycles. The van der Waals surface area contributed by atoms with Gasteiger partial charge in [0.05, 0.1) is 16.8 Å². The van der Waals surface area contributed by atoms with E-state index in [0.29, 0.717) is 39.1 Å². The van der Waals surface area contributed by atoms with Gasteiger partial charge in [-0.3, -0.25) is 0 Å². The molecule has 5 nitrogen and oxygen atoms in total. The monoisotopic (exact) mass is 361 g/mol. The minimum Gasteiger partial charge on any atom is -0.455 e. The van der Waals surface area contributed by atoms with Gasteiger partial charge in [-0.15, -0.1) is 0 Å². The number of carbonyl (C=O) groups is 2. The van der Waals surface area contributed by atoms with E-state index in [2.05, 4.69) is 20.8 Å². The fourth-order valence-corrected chi connectivity index (χ4v) is 3.23. The smallest absolute Gasteiger partial charge is 0.346 e. The quantitative estimate of drug-likeness (QED) is 0.402. The van der Waals surface area contributed by atoms with Crippen molar-refractivity contribution in [3.8, 4) is 11.5 Å². The number of esters is 2. The molecule has 5 heteroatoms. The van der Waals surface area contributed by atoms with Crippen LogP contribution in [0.3, 0.4) is 0 Å². The molecule has 0 atom stereocenters. The Bertz CT molecular complexity index is 1090. The largest absolute Gasteiger partial charge is 0.455 e. The molecule has 0 aliphatic carbocycles. The van der Waals surface area contributed by atoms with E-state index in [1.54, 1.807) is 24.3 Å². The summed E-state index contributed by atoms with van der Waals surface area (Å²) in [5, 5.41) is 1.20. The van der Waals surface area contributed by atoms with Crippen LogP contribution < -0.4 is 10.5 Å². The number of cyclic esters (lactones) is 2. The fourth-order valence-electron chi connectivity index (χ4n) is 3.23. The van der Waals surface area contributed by atoms with E-state index in [1.165, 1.54) is 0 Å². The molecule has 0 spiro atoms. The summed E-state index contributed by atoms with van der Waals surface area (Å²) in [5.74, 6) is -0.254. The van der Waals surface area contributed by atoms with Crippen LogP contribution in [0.25, 0.3) is 10.8 Å². The summed E-state index contributed by atoms with van der Waals surface area (Å²) in [6, 6.07) is 14.2. The maximum absolute atomic E-state index is 12.0. The minimum atomic E-state index is -0.649. The molecule has 2 N–H and O–H groups in total. The van der Waals surface area contributed by atoms with Gasteiger partial charge in [-0.05, 0) is 41.3 Å². The van der Waals surface area contributed by atoms with E-state index in [-0.39, 0.29) is 5.41 Å². The van der Waals surface area contributed by atoms with Gasteiger partial charge in [0.1, 0.15) is 11.5 Å². The molecule has 0 saturated carbocycles. The van der Waals surface area contributed by atoms with Crippen molar-refractivity contribution in [1.82, 2.24) is 0 Å². The molecule has 0 radical (unpaired) electrons. The second-order valence-electron chi connectivity index (χ2n) is 7.62. The second-order valence-corrected chi connectivity index (χ2v) is 7.62. The molecule has 0 aromatic heterocycles. The Labute approximate surface area is 156 Å². The number of hydrogen-bond acceptors (Lipinski definition) is 5. The van der Waals surface area contributed by atoms with Crippen molar-refractivity contribution in [2.24, 2.45) is 0 Å². The molecule has 1 aliphatic heterocycles. The third-order valence-corrected chi connectivity index (χ3v) is 4.72. The Morgan fingerprint density at radius 2 is 1.56 bits per heavy atom. The van der Waals surface area contributed by atoms with Crippen molar-refractivity contribution in [3.63, 3.8) is 0 Å². The van der Waals surface area contributed by atoms with E-state index in [9.17, 15) is 9.59 Å². The molecular formula is C22H19NO4. The number of rotatable bonds is 2. The standard InChI is InChI=1S/C22H19NO4/c1-22(2,3)12-7-9-18(16(23)11-12)26-17-10-8-15-19-13(17)5-4-6-14(19)20(24)27-21(15)25/h4-11H,23H2,1-3H3. The van der Waals surface area contributed by atoms with Crippen molar-refractivity contribution in [2.45, 2.75) is 26.2 Å². The van der Waals surface area contributed by atoms with Crippen LogP contribution in [0.1, 0.15) is 47.1 Å². The molecular weight excluding hydrogens is 342 g/mol. The summed E-state index contributed by atoms with van der Waals surface area (Å²) in [6.07, 6.45) is 0. The molecule has 0 bridgehead atoms. The second kappa shape index (κ2) is 5.84. The zero-order valence-electron chi connectivity index (χ0n) is 15.3. The third-order valence-electron chi connectivity index (χ3n) is 4.72. The summed E-state index contributed by atoms with van der Waals surface area (Å²) in [7, 11) is 0. The van der Waals surface area contributed by atoms with Gasteiger partial charge in [-0.2, -0.15) is 0 Å². The van der Waals surface area contributed by atoms with E-state index in [0.717, 1.165) is 5.56 Å². The fraction of sp³-hybridized carbons (Fsp3) is 0.182. The van der Waals surface area contributed by atoms with Crippen LogP contribution in [-0.4, -0.2) is 11.9 Å². The van der Waals surface area contributed by atoms with Crippen LogP contribution in [0.4, 0.5) is 5.69 Å². The van der Waals surface area contributed by atoms with Crippen molar-refractivity contribution in [3.05, 3.63) is 65.2 Å². The highest BCUT2D eigenvalue weighted by atomic mass is 16.6.